The van der Waals surface area contributed by atoms with Crippen molar-refractivity contribution in [2.24, 2.45) is 0 Å². The molecule has 0 bridgehead atoms. The molecule has 13 heteroatoms. The number of pyridine rings is 1. The number of aryl methyl sites for hydroxylation is 3. The zero-order chi connectivity index (χ0) is 26.0. The molecule has 10 nitrogen and oxygen atoms in total. The number of nitrogens with zero attached hydrogens (tertiary/aromatic N) is 2. The molecule has 2 heterocycles. The maximum Gasteiger partial charge on any atom is 0.316 e. The fourth-order valence-corrected chi connectivity index (χ4v) is 5.68. The highest BCUT2D eigenvalue weighted by Crippen LogP contribution is 2.35. The molecule has 37 heavy (non-hydrogen) atoms. The molecule has 0 spiro atoms. The number of benzene rings is 2. The highest BCUT2D eigenvalue weighted by atomic mass is 35.5. The molecule has 0 aliphatic heterocycles. The van der Waals surface area contributed by atoms with Crippen LogP contribution in [0.15, 0.2) is 51.9 Å². The van der Waals surface area contributed by atoms with Crippen LogP contribution in [0.2, 0.25) is 5.02 Å². The molecule has 0 amide bonds. The Hall–Kier alpha value is -3.19. The lowest BCUT2D eigenvalue weighted by atomic mass is 10.1. The molecular formula is C24H27ClN4O6S2. The van der Waals surface area contributed by atoms with Gasteiger partial charge >= 0.3 is 11.3 Å². The summed E-state index contributed by atoms with van der Waals surface area (Å²) in [7, 11) is -4.05. The van der Waals surface area contributed by atoms with Gasteiger partial charge in [0.05, 0.1) is 5.02 Å². The number of anilines is 1. The van der Waals surface area contributed by atoms with Gasteiger partial charge < -0.3 is 13.8 Å². The van der Waals surface area contributed by atoms with Crippen molar-refractivity contribution in [3.63, 3.8) is 0 Å². The third-order valence-corrected chi connectivity index (χ3v) is 7.79. The summed E-state index contributed by atoms with van der Waals surface area (Å²) in [6.45, 7) is 5.15. The molecule has 1 atom stereocenters. The van der Waals surface area contributed by atoms with Crippen LogP contribution in [-0.4, -0.2) is 34.4 Å². The summed E-state index contributed by atoms with van der Waals surface area (Å²) in [5.41, 5.74) is 2.61. The summed E-state index contributed by atoms with van der Waals surface area (Å²) < 4.78 is 53.5. The van der Waals surface area contributed by atoms with Gasteiger partial charge in [0.1, 0.15) is 16.1 Å². The number of nitrogens with one attached hydrogen (secondary N) is 2. The van der Waals surface area contributed by atoms with E-state index in [9.17, 15) is 17.7 Å². The number of rotatable bonds is 9. The Balaban J connectivity index is 0.00000380. The standard InChI is InChI=1S/C23H23ClN4O6S2.CH4/c1-13-4-9-18-19(24)12-20(22(29)21(18)26-13)36(31,32)25-11-10-16-5-7-17(8-6-16)28-35(30)34-23-14(2)27-33-15(23)3;/h4-9,12,25,28-29H,10-11H2,1-3H3;1H4. The van der Waals surface area contributed by atoms with Crippen LogP contribution in [-0.2, 0) is 27.7 Å². The van der Waals surface area contributed by atoms with Crippen LogP contribution in [0.25, 0.3) is 10.9 Å². The molecule has 3 N–H and O–H groups in total. The lowest BCUT2D eigenvalue weighted by Gasteiger charge is -2.12. The average Bonchev–Trinajstić information content (AvgIpc) is 3.14. The van der Waals surface area contributed by atoms with Gasteiger partial charge in [-0.05, 0) is 56.2 Å². The zero-order valence-electron chi connectivity index (χ0n) is 19.5. The Morgan fingerprint density at radius 3 is 2.49 bits per heavy atom. The number of aromatic hydroxyl groups is 1. The molecule has 0 fully saturated rings. The molecule has 2 aromatic heterocycles. The minimum atomic E-state index is -4.05. The van der Waals surface area contributed by atoms with E-state index < -0.39 is 27.0 Å². The number of hydrogen-bond donors (Lipinski definition) is 3. The molecule has 0 radical (unpaired) electrons. The fourth-order valence-electron chi connectivity index (χ4n) is 3.45. The molecular weight excluding hydrogens is 540 g/mol. The first-order valence-electron chi connectivity index (χ1n) is 10.7. The minimum Gasteiger partial charge on any atom is -0.504 e. The number of aromatic nitrogens is 2. The van der Waals surface area contributed by atoms with Crippen LogP contribution in [0.3, 0.4) is 0 Å². The minimum absolute atomic E-state index is 0. The summed E-state index contributed by atoms with van der Waals surface area (Å²) in [6, 6.07) is 11.5. The number of hydrogen-bond acceptors (Lipinski definition) is 8. The topological polar surface area (TPSA) is 144 Å². The summed E-state index contributed by atoms with van der Waals surface area (Å²) in [4.78, 5) is 3.89. The van der Waals surface area contributed by atoms with Crippen LogP contribution in [0.1, 0.15) is 30.1 Å². The lowest BCUT2D eigenvalue weighted by Crippen LogP contribution is -2.26. The lowest BCUT2D eigenvalue weighted by molar-refractivity contribution is 0.389. The van der Waals surface area contributed by atoms with E-state index in [4.69, 9.17) is 20.3 Å². The first-order valence-corrected chi connectivity index (χ1v) is 13.7. The first-order chi connectivity index (χ1) is 17.0. The summed E-state index contributed by atoms with van der Waals surface area (Å²) in [5, 5.41) is 15.0. The van der Waals surface area contributed by atoms with Gasteiger partial charge in [-0.3, -0.25) is 4.72 Å². The van der Waals surface area contributed by atoms with Gasteiger partial charge in [0.2, 0.25) is 15.8 Å². The van der Waals surface area contributed by atoms with Crippen molar-refractivity contribution in [3.05, 3.63) is 70.2 Å². The second kappa shape index (κ2) is 11.5. The monoisotopic (exact) mass is 566 g/mol. The Bertz CT molecular complexity index is 1540. The Labute approximate surface area is 222 Å². The van der Waals surface area contributed by atoms with E-state index in [1.807, 2.05) is 0 Å². The second-order valence-electron chi connectivity index (χ2n) is 7.97. The van der Waals surface area contributed by atoms with Crippen molar-refractivity contribution in [3.8, 4) is 11.5 Å². The van der Waals surface area contributed by atoms with Crippen molar-refractivity contribution in [1.82, 2.24) is 14.9 Å². The summed E-state index contributed by atoms with van der Waals surface area (Å²) in [6.07, 6.45) is 0.373. The number of phenols is 1. The molecule has 198 valence electrons. The number of fused-ring (bicyclic) bond motifs is 1. The predicted octanol–water partition coefficient (Wildman–Crippen LogP) is 4.73. The molecule has 0 aliphatic carbocycles. The number of halogens is 1. The van der Waals surface area contributed by atoms with Crippen molar-refractivity contribution in [1.29, 1.82) is 0 Å². The van der Waals surface area contributed by atoms with Crippen LogP contribution < -0.4 is 13.6 Å². The van der Waals surface area contributed by atoms with Crippen molar-refractivity contribution in [2.45, 2.75) is 39.5 Å². The molecule has 0 aliphatic rings. The van der Waals surface area contributed by atoms with E-state index in [1.165, 1.54) is 6.07 Å². The molecule has 2 aromatic carbocycles. The van der Waals surface area contributed by atoms with E-state index in [2.05, 4.69) is 19.6 Å². The van der Waals surface area contributed by atoms with Crippen molar-refractivity contribution < 1.29 is 26.4 Å². The largest absolute Gasteiger partial charge is 0.504 e. The number of sulfonamides is 1. The SMILES string of the molecule is C.Cc1ccc2c(Cl)cc(S(=O)(=O)NCCc3ccc(NS(=O)Oc4c(C)noc4C)cc3)c(O)c2n1. The highest BCUT2D eigenvalue weighted by molar-refractivity contribution is 7.89. The van der Waals surface area contributed by atoms with E-state index in [0.717, 1.165) is 5.56 Å². The maximum atomic E-state index is 12.9. The molecule has 0 saturated carbocycles. The van der Waals surface area contributed by atoms with Crippen LogP contribution in [0.4, 0.5) is 5.69 Å². The highest BCUT2D eigenvalue weighted by Gasteiger charge is 2.23. The Morgan fingerprint density at radius 1 is 1.14 bits per heavy atom. The third-order valence-electron chi connectivity index (χ3n) is 5.28. The second-order valence-corrected chi connectivity index (χ2v) is 11.0. The van der Waals surface area contributed by atoms with Gasteiger partial charge in [0.15, 0.2) is 11.5 Å². The van der Waals surface area contributed by atoms with Gasteiger partial charge in [0.25, 0.3) is 0 Å². The van der Waals surface area contributed by atoms with Crippen LogP contribution >= 0.6 is 11.6 Å². The molecule has 4 rings (SSSR count). The van der Waals surface area contributed by atoms with E-state index >= 15 is 0 Å². The molecule has 4 aromatic rings. The van der Waals surface area contributed by atoms with Crippen molar-refractivity contribution >= 4 is 49.5 Å². The summed E-state index contributed by atoms with van der Waals surface area (Å²) >= 11 is 4.38. The van der Waals surface area contributed by atoms with Gasteiger partial charge in [-0.2, -0.15) is 4.21 Å². The van der Waals surface area contributed by atoms with Gasteiger partial charge in [-0.15, -0.1) is 0 Å². The van der Waals surface area contributed by atoms with E-state index in [1.54, 1.807) is 57.2 Å². The zero-order valence-corrected chi connectivity index (χ0v) is 21.9. The third kappa shape index (κ3) is 6.39. The fraction of sp³-hybridized carbons (Fsp3) is 0.250. The summed E-state index contributed by atoms with van der Waals surface area (Å²) in [5.74, 6) is 0.285. The van der Waals surface area contributed by atoms with E-state index in [0.29, 0.717) is 40.4 Å². The Morgan fingerprint density at radius 2 is 1.84 bits per heavy atom. The molecule has 0 saturated heterocycles. The first kappa shape index (κ1) is 28.4. The Kier molecular flexibility index (Phi) is 8.80. The van der Waals surface area contributed by atoms with Gasteiger partial charge in [-0.25, -0.2) is 18.1 Å². The van der Waals surface area contributed by atoms with Gasteiger partial charge in [0, 0.05) is 30.2 Å². The maximum absolute atomic E-state index is 12.9. The average molecular weight is 567 g/mol. The molecule has 1 unspecified atom stereocenters. The van der Waals surface area contributed by atoms with Crippen LogP contribution in [0, 0.1) is 20.8 Å². The smallest absolute Gasteiger partial charge is 0.316 e. The van der Waals surface area contributed by atoms with E-state index in [-0.39, 0.29) is 29.4 Å². The quantitative estimate of drug-likeness (QED) is 0.264. The number of phenolic OH excluding ortho intramolecular Hbond substituents is 1. The van der Waals surface area contributed by atoms with Gasteiger partial charge in [-0.1, -0.05) is 36.3 Å². The predicted molar refractivity (Wildman–Crippen MR) is 144 cm³/mol. The van der Waals surface area contributed by atoms with Crippen molar-refractivity contribution in [2.75, 3.05) is 11.3 Å². The normalized spacial score (nSPS) is 12.2. The van der Waals surface area contributed by atoms with Crippen LogP contribution in [0.5, 0.6) is 11.5 Å².